The quantitative estimate of drug-likeness (QED) is 0.557. The van der Waals surface area contributed by atoms with Crippen molar-refractivity contribution in [3.8, 4) is 16.9 Å². The first-order chi connectivity index (χ1) is 14.3. The van der Waals surface area contributed by atoms with E-state index in [-0.39, 0.29) is 11.2 Å². The summed E-state index contributed by atoms with van der Waals surface area (Å²) in [6.45, 7) is 8.42. The molecule has 152 valence electrons. The van der Waals surface area contributed by atoms with Crippen molar-refractivity contribution in [3.63, 3.8) is 0 Å². The molecule has 0 saturated carbocycles. The summed E-state index contributed by atoms with van der Waals surface area (Å²) in [7, 11) is 1.69. The number of ketones is 1. The molecule has 4 heteroatoms. The number of ether oxygens (including phenoxy) is 1. The van der Waals surface area contributed by atoms with Crippen LogP contribution >= 0.6 is 0 Å². The zero-order valence-electron chi connectivity index (χ0n) is 18.1. The first-order valence-electron chi connectivity index (χ1n) is 10.1. The lowest BCUT2D eigenvalue weighted by Crippen LogP contribution is -2.15. The van der Waals surface area contributed by atoms with Gasteiger partial charge in [0.2, 0.25) is 0 Å². The van der Waals surface area contributed by atoms with Crippen molar-refractivity contribution in [2.45, 2.75) is 39.5 Å². The van der Waals surface area contributed by atoms with Crippen LogP contribution in [0.15, 0.2) is 54.9 Å². The fraction of sp³-hybridized carbons (Fsp3) is 0.269. The molecule has 0 N–H and O–H groups in total. The van der Waals surface area contributed by atoms with Crippen LogP contribution < -0.4 is 4.74 Å². The molecule has 0 amide bonds. The highest BCUT2D eigenvalue weighted by molar-refractivity contribution is 6.25. The van der Waals surface area contributed by atoms with Crippen molar-refractivity contribution in [1.29, 1.82) is 0 Å². The first-order valence-corrected chi connectivity index (χ1v) is 10.1. The van der Waals surface area contributed by atoms with Crippen LogP contribution in [-0.2, 0) is 10.2 Å². The predicted octanol–water partition coefficient (Wildman–Crippen LogP) is 5.82. The van der Waals surface area contributed by atoms with Gasteiger partial charge in [-0.25, -0.2) is 0 Å². The van der Waals surface area contributed by atoms with E-state index in [1.54, 1.807) is 7.11 Å². The minimum Gasteiger partial charge on any atom is -0.496 e. The average molecular weight is 399 g/mol. The molecule has 0 radical (unpaired) electrons. The largest absolute Gasteiger partial charge is 0.496 e. The third kappa shape index (κ3) is 3.54. The number of hydrogen-bond acceptors (Lipinski definition) is 4. The van der Waals surface area contributed by atoms with Gasteiger partial charge in [-0.3, -0.25) is 14.8 Å². The Morgan fingerprint density at radius 3 is 2.43 bits per heavy atom. The van der Waals surface area contributed by atoms with Crippen molar-refractivity contribution >= 4 is 22.3 Å². The number of benzene rings is 1. The minimum absolute atomic E-state index is 0.109. The van der Waals surface area contributed by atoms with Crippen LogP contribution in [0, 0.1) is 6.92 Å². The lowest BCUT2D eigenvalue weighted by Gasteiger charge is -2.25. The number of carbonyl (C=O) groups is 1. The molecule has 2 aromatic heterocycles. The van der Waals surface area contributed by atoms with Gasteiger partial charge in [0.1, 0.15) is 5.75 Å². The van der Waals surface area contributed by atoms with E-state index in [0.29, 0.717) is 12.0 Å². The Hall–Kier alpha value is -3.27. The highest BCUT2D eigenvalue weighted by Gasteiger charge is 2.26. The summed E-state index contributed by atoms with van der Waals surface area (Å²) < 4.78 is 5.89. The molecule has 0 saturated heterocycles. The number of methoxy groups -OCH3 is 1. The Labute approximate surface area is 177 Å². The molecule has 0 fully saturated rings. The standard InChI is InChI=1S/C26H26N2O2/c1-16-10-11-17(14-27-16)18-12-21-24(28-15-18)20(19-8-6-7-9-23(19)29)13-22(25(21)30-5)26(2,3)4/h6-8,10-15H,9H2,1-5H3. The number of rotatable bonds is 3. The summed E-state index contributed by atoms with van der Waals surface area (Å²) in [4.78, 5) is 21.9. The summed E-state index contributed by atoms with van der Waals surface area (Å²) in [6, 6.07) is 8.20. The molecule has 1 aromatic carbocycles. The Morgan fingerprint density at radius 2 is 1.80 bits per heavy atom. The van der Waals surface area contributed by atoms with Crippen molar-refractivity contribution in [1.82, 2.24) is 9.97 Å². The molecular weight excluding hydrogens is 372 g/mol. The second-order valence-corrected chi connectivity index (χ2v) is 8.70. The summed E-state index contributed by atoms with van der Waals surface area (Å²) in [5, 5.41) is 0.904. The maximum atomic E-state index is 12.7. The number of pyridine rings is 2. The molecule has 0 atom stereocenters. The van der Waals surface area contributed by atoms with Crippen LogP contribution in [0.25, 0.3) is 27.6 Å². The number of nitrogens with zero attached hydrogens (tertiary/aromatic N) is 2. The number of carbonyl (C=O) groups excluding carboxylic acids is 1. The van der Waals surface area contributed by atoms with Crippen LogP contribution in [0.5, 0.6) is 5.75 Å². The molecule has 0 aliphatic heterocycles. The van der Waals surface area contributed by atoms with E-state index in [2.05, 4.69) is 37.9 Å². The first kappa shape index (κ1) is 20.0. The van der Waals surface area contributed by atoms with E-state index in [4.69, 9.17) is 9.72 Å². The number of aromatic nitrogens is 2. The third-order valence-corrected chi connectivity index (χ3v) is 5.47. The SMILES string of the molecule is COc1c(C(C)(C)C)cc(C2=CC=CCC2=O)c2ncc(-c3ccc(C)nc3)cc12. The third-order valence-electron chi connectivity index (χ3n) is 5.47. The lowest BCUT2D eigenvalue weighted by atomic mass is 9.82. The van der Waals surface area contributed by atoms with E-state index in [1.165, 1.54) is 0 Å². The maximum Gasteiger partial charge on any atom is 0.167 e. The molecule has 0 bridgehead atoms. The number of aryl methyl sites for hydroxylation is 1. The van der Waals surface area contributed by atoms with Crippen LogP contribution in [0.2, 0.25) is 0 Å². The lowest BCUT2D eigenvalue weighted by molar-refractivity contribution is -0.113. The van der Waals surface area contributed by atoms with Crippen molar-refractivity contribution in [2.24, 2.45) is 0 Å². The molecule has 30 heavy (non-hydrogen) atoms. The summed E-state index contributed by atoms with van der Waals surface area (Å²) in [6.07, 6.45) is 9.83. The molecule has 1 aliphatic carbocycles. The minimum atomic E-state index is -0.163. The smallest absolute Gasteiger partial charge is 0.167 e. The van der Waals surface area contributed by atoms with Gasteiger partial charge in [-0.05, 0) is 30.5 Å². The molecule has 4 nitrogen and oxygen atoms in total. The normalized spacial score (nSPS) is 14.2. The maximum absolute atomic E-state index is 12.7. The highest BCUT2D eigenvalue weighted by atomic mass is 16.5. The van der Waals surface area contributed by atoms with Crippen LogP contribution in [-0.4, -0.2) is 22.9 Å². The van der Waals surface area contributed by atoms with E-state index in [1.807, 2.05) is 49.7 Å². The van der Waals surface area contributed by atoms with E-state index in [0.717, 1.165) is 44.6 Å². The Morgan fingerprint density at radius 1 is 1.03 bits per heavy atom. The van der Waals surface area contributed by atoms with E-state index < -0.39 is 0 Å². The van der Waals surface area contributed by atoms with Crippen molar-refractivity contribution in [2.75, 3.05) is 7.11 Å². The Kier molecular flexibility index (Phi) is 5.02. The molecule has 4 rings (SSSR count). The van der Waals surface area contributed by atoms with Crippen molar-refractivity contribution in [3.05, 3.63) is 71.7 Å². The van der Waals surface area contributed by atoms with E-state index in [9.17, 15) is 4.79 Å². The number of fused-ring (bicyclic) bond motifs is 1. The molecule has 2 heterocycles. The van der Waals surface area contributed by atoms with Crippen molar-refractivity contribution < 1.29 is 9.53 Å². The zero-order valence-corrected chi connectivity index (χ0v) is 18.1. The topological polar surface area (TPSA) is 52.1 Å². The molecule has 0 spiro atoms. The van der Waals surface area contributed by atoms with Gasteiger partial charge in [0, 0.05) is 57.7 Å². The molecular formula is C26H26N2O2. The van der Waals surface area contributed by atoms with Gasteiger partial charge in [0.15, 0.2) is 5.78 Å². The van der Waals surface area contributed by atoms with Gasteiger partial charge in [0.25, 0.3) is 0 Å². The highest BCUT2D eigenvalue weighted by Crippen LogP contribution is 2.42. The average Bonchev–Trinajstić information content (AvgIpc) is 2.72. The molecule has 1 aliphatic rings. The van der Waals surface area contributed by atoms with Gasteiger partial charge in [-0.15, -0.1) is 0 Å². The monoisotopic (exact) mass is 398 g/mol. The fourth-order valence-electron chi connectivity index (χ4n) is 3.84. The van der Waals surface area contributed by atoms with Crippen LogP contribution in [0.4, 0.5) is 0 Å². The van der Waals surface area contributed by atoms with Gasteiger partial charge in [-0.1, -0.05) is 45.1 Å². The van der Waals surface area contributed by atoms with Crippen LogP contribution in [0.3, 0.4) is 0 Å². The number of Topliss-reactive ketones (excluding diaryl/α,β-unsaturated/α-hetero) is 1. The Bertz CT molecular complexity index is 1200. The summed E-state index contributed by atoms with van der Waals surface area (Å²) >= 11 is 0. The summed E-state index contributed by atoms with van der Waals surface area (Å²) in [5.41, 5.74) is 6.16. The predicted molar refractivity (Wildman–Crippen MR) is 122 cm³/mol. The van der Waals surface area contributed by atoms with Gasteiger partial charge in [-0.2, -0.15) is 0 Å². The second kappa shape index (κ2) is 7.52. The fourth-order valence-corrected chi connectivity index (χ4v) is 3.84. The number of allylic oxidation sites excluding steroid dienone is 4. The van der Waals surface area contributed by atoms with Gasteiger partial charge < -0.3 is 4.74 Å². The second-order valence-electron chi connectivity index (χ2n) is 8.70. The molecule has 0 unspecified atom stereocenters. The Balaban J connectivity index is 2.05. The number of hydrogen-bond donors (Lipinski definition) is 0. The van der Waals surface area contributed by atoms with E-state index >= 15 is 0 Å². The molecule has 3 aromatic rings. The summed E-state index contributed by atoms with van der Waals surface area (Å²) in [5.74, 6) is 0.910. The zero-order chi connectivity index (χ0) is 21.5. The van der Waals surface area contributed by atoms with Gasteiger partial charge >= 0.3 is 0 Å². The van der Waals surface area contributed by atoms with Gasteiger partial charge in [0.05, 0.1) is 12.6 Å². The van der Waals surface area contributed by atoms with Crippen LogP contribution in [0.1, 0.15) is 44.0 Å².